The molecule has 0 spiro atoms. The number of rotatable bonds is 6. The van der Waals surface area contributed by atoms with Gasteiger partial charge in [0.1, 0.15) is 0 Å². The first-order valence-electron chi connectivity index (χ1n) is 7.83. The maximum atomic E-state index is 12.9. The first-order chi connectivity index (χ1) is 13.3. The number of furan rings is 1. The van der Waals surface area contributed by atoms with Crippen molar-refractivity contribution in [2.24, 2.45) is 0 Å². The molecule has 0 saturated carbocycles. The first-order valence-corrected chi connectivity index (χ1v) is 8.71. The van der Waals surface area contributed by atoms with Crippen LogP contribution in [0.5, 0.6) is 0 Å². The number of carbonyl (C=O) groups excluding carboxylic acids is 2. The Bertz CT molecular complexity index is 970. The summed E-state index contributed by atoms with van der Waals surface area (Å²) in [7, 11) is 0. The minimum atomic E-state index is -4.55. The summed E-state index contributed by atoms with van der Waals surface area (Å²) in [6.45, 7) is 0. The van der Waals surface area contributed by atoms with E-state index < -0.39 is 23.6 Å². The zero-order chi connectivity index (χ0) is 20.1. The number of benzene rings is 1. The summed E-state index contributed by atoms with van der Waals surface area (Å²) >= 11 is 1.10. The average Bonchev–Trinajstić information content (AvgIpc) is 3.31. The molecule has 0 fully saturated rings. The molecule has 0 radical (unpaired) electrons. The molecule has 11 heteroatoms. The van der Waals surface area contributed by atoms with Crippen molar-refractivity contribution in [2.45, 2.75) is 12.6 Å². The van der Waals surface area contributed by atoms with Crippen LogP contribution in [0, 0.1) is 0 Å². The average molecular weight is 410 g/mol. The Morgan fingerprint density at radius 2 is 1.93 bits per heavy atom. The molecule has 3 N–H and O–H groups in total. The van der Waals surface area contributed by atoms with Crippen LogP contribution >= 0.6 is 11.3 Å². The summed E-state index contributed by atoms with van der Waals surface area (Å²) in [5.74, 6) is -0.964. The monoisotopic (exact) mass is 410 g/mol. The van der Waals surface area contributed by atoms with Crippen LogP contribution in [0.1, 0.15) is 21.8 Å². The highest BCUT2D eigenvalue weighted by atomic mass is 32.1. The van der Waals surface area contributed by atoms with Crippen LogP contribution in [0.3, 0.4) is 0 Å². The molecule has 3 rings (SSSR count). The zero-order valence-corrected chi connectivity index (χ0v) is 14.9. The second kappa shape index (κ2) is 8.13. The number of hydrazine groups is 1. The fourth-order valence-corrected chi connectivity index (χ4v) is 2.90. The van der Waals surface area contributed by atoms with Crippen molar-refractivity contribution in [3.63, 3.8) is 0 Å². The van der Waals surface area contributed by atoms with Gasteiger partial charge < -0.3 is 4.42 Å². The van der Waals surface area contributed by atoms with Crippen molar-refractivity contribution < 1.29 is 27.2 Å². The van der Waals surface area contributed by atoms with E-state index in [4.69, 9.17) is 4.42 Å². The fraction of sp³-hybridized carbons (Fsp3) is 0.118. The van der Waals surface area contributed by atoms with E-state index in [1.54, 1.807) is 11.4 Å². The molecular formula is C17H13F3N4O3S. The van der Waals surface area contributed by atoms with E-state index in [1.165, 1.54) is 30.5 Å². The molecule has 1 aromatic carbocycles. The molecule has 146 valence electrons. The smallest absolute Gasteiger partial charge is 0.418 e. The predicted octanol–water partition coefficient (Wildman–Crippen LogP) is 3.69. The van der Waals surface area contributed by atoms with Gasteiger partial charge in [0, 0.05) is 5.38 Å². The summed E-state index contributed by atoms with van der Waals surface area (Å²) in [6, 6.07) is 7.83. The quantitative estimate of drug-likeness (QED) is 0.539. The number of hydrogen-bond donors (Lipinski definition) is 3. The Morgan fingerprint density at radius 1 is 1.14 bits per heavy atom. The largest absolute Gasteiger partial charge is 0.459 e. The summed E-state index contributed by atoms with van der Waals surface area (Å²) < 4.78 is 43.7. The highest BCUT2D eigenvalue weighted by Gasteiger charge is 2.33. The molecule has 3 aromatic rings. The van der Waals surface area contributed by atoms with Crippen molar-refractivity contribution in [2.75, 3.05) is 10.7 Å². The van der Waals surface area contributed by atoms with Gasteiger partial charge in [0.25, 0.3) is 5.91 Å². The molecule has 0 atom stereocenters. The van der Waals surface area contributed by atoms with Gasteiger partial charge in [-0.1, -0.05) is 12.1 Å². The predicted molar refractivity (Wildman–Crippen MR) is 95.7 cm³/mol. The van der Waals surface area contributed by atoms with E-state index in [-0.39, 0.29) is 23.0 Å². The lowest BCUT2D eigenvalue weighted by Gasteiger charge is -2.14. The standard InChI is InChI=1S/C17H13F3N4O3S/c18-17(19,20)11-4-1-2-5-12(11)23-24-14(25)8-10-9-28-16(21-10)22-15(26)13-6-3-7-27-13/h1-7,9,23H,8H2,(H,24,25)(H,21,22,26). The molecule has 2 aromatic heterocycles. The molecule has 0 aliphatic heterocycles. The van der Waals surface area contributed by atoms with Gasteiger partial charge in [-0.25, -0.2) is 4.98 Å². The van der Waals surface area contributed by atoms with Gasteiger partial charge in [0.2, 0.25) is 5.91 Å². The van der Waals surface area contributed by atoms with E-state index in [1.807, 2.05) is 0 Å². The van der Waals surface area contributed by atoms with Crippen molar-refractivity contribution in [1.82, 2.24) is 10.4 Å². The molecule has 7 nitrogen and oxygen atoms in total. The van der Waals surface area contributed by atoms with E-state index in [9.17, 15) is 22.8 Å². The normalized spacial score (nSPS) is 11.1. The Balaban J connectivity index is 1.55. The molecule has 0 aliphatic carbocycles. The number of alkyl halides is 3. The highest BCUT2D eigenvalue weighted by Crippen LogP contribution is 2.34. The van der Waals surface area contributed by atoms with Crippen molar-refractivity contribution >= 4 is 34.0 Å². The second-order valence-corrected chi connectivity index (χ2v) is 6.33. The van der Waals surface area contributed by atoms with Crippen LogP contribution < -0.4 is 16.2 Å². The number of anilines is 2. The van der Waals surface area contributed by atoms with Crippen LogP contribution in [-0.2, 0) is 17.4 Å². The maximum Gasteiger partial charge on any atom is 0.418 e. The molecule has 0 unspecified atom stereocenters. The maximum absolute atomic E-state index is 12.9. The number of para-hydroxylation sites is 1. The van der Waals surface area contributed by atoms with Gasteiger partial charge in [-0.2, -0.15) is 13.2 Å². The number of thiazole rings is 1. The zero-order valence-electron chi connectivity index (χ0n) is 14.0. The lowest BCUT2D eigenvalue weighted by molar-refractivity contribution is -0.137. The summed E-state index contributed by atoms with van der Waals surface area (Å²) in [4.78, 5) is 27.9. The Hall–Kier alpha value is -3.34. The van der Waals surface area contributed by atoms with Crippen LogP contribution in [0.4, 0.5) is 24.0 Å². The van der Waals surface area contributed by atoms with Crippen molar-refractivity contribution in [1.29, 1.82) is 0 Å². The lowest BCUT2D eigenvalue weighted by atomic mass is 10.2. The Morgan fingerprint density at radius 3 is 2.64 bits per heavy atom. The van der Waals surface area contributed by atoms with Gasteiger partial charge in [-0.15, -0.1) is 11.3 Å². The van der Waals surface area contributed by atoms with Crippen molar-refractivity contribution in [3.05, 3.63) is 65.1 Å². The van der Waals surface area contributed by atoms with Crippen LogP contribution in [0.15, 0.2) is 52.5 Å². The number of nitrogens with zero attached hydrogens (tertiary/aromatic N) is 1. The minimum Gasteiger partial charge on any atom is -0.459 e. The van der Waals surface area contributed by atoms with Gasteiger partial charge in [-0.3, -0.25) is 25.8 Å². The van der Waals surface area contributed by atoms with Gasteiger partial charge in [-0.05, 0) is 24.3 Å². The number of carbonyl (C=O) groups is 2. The second-order valence-electron chi connectivity index (χ2n) is 5.47. The Kier molecular flexibility index (Phi) is 5.64. The van der Waals surface area contributed by atoms with Crippen LogP contribution in [0.2, 0.25) is 0 Å². The first kappa shape index (κ1) is 19.4. The molecule has 0 bridgehead atoms. The number of hydrogen-bond acceptors (Lipinski definition) is 6. The van der Waals surface area contributed by atoms with E-state index in [2.05, 4.69) is 21.2 Å². The third-order valence-corrected chi connectivity index (χ3v) is 4.23. The van der Waals surface area contributed by atoms with E-state index in [0.29, 0.717) is 5.69 Å². The number of nitrogens with one attached hydrogen (secondary N) is 3. The van der Waals surface area contributed by atoms with Gasteiger partial charge in [0.05, 0.1) is 29.6 Å². The van der Waals surface area contributed by atoms with Gasteiger partial charge >= 0.3 is 6.18 Å². The summed E-state index contributed by atoms with van der Waals surface area (Å²) in [5.41, 5.74) is 3.66. The summed E-state index contributed by atoms with van der Waals surface area (Å²) in [6.07, 6.45) is -3.38. The highest BCUT2D eigenvalue weighted by molar-refractivity contribution is 7.14. The molecule has 2 heterocycles. The van der Waals surface area contributed by atoms with E-state index in [0.717, 1.165) is 17.4 Å². The van der Waals surface area contributed by atoms with E-state index >= 15 is 0 Å². The lowest BCUT2D eigenvalue weighted by Crippen LogP contribution is -2.31. The third-order valence-electron chi connectivity index (χ3n) is 3.43. The van der Waals surface area contributed by atoms with Gasteiger partial charge in [0.15, 0.2) is 10.9 Å². The third kappa shape index (κ3) is 4.88. The summed E-state index contributed by atoms with van der Waals surface area (Å²) in [5, 5.41) is 4.34. The number of amides is 2. The number of halogens is 3. The molecule has 0 saturated heterocycles. The fourth-order valence-electron chi connectivity index (χ4n) is 2.20. The Labute approximate surface area is 160 Å². The SMILES string of the molecule is O=C(Cc1csc(NC(=O)c2ccco2)n1)NNc1ccccc1C(F)(F)F. The molecule has 0 aliphatic rings. The van der Waals surface area contributed by atoms with Crippen LogP contribution in [0.25, 0.3) is 0 Å². The van der Waals surface area contributed by atoms with Crippen molar-refractivity contribution in [3.8, 4) is 0 Å². The number of aromatic nitrogens is 1. The molecule has 28 heavy (non-hydrogen) atoms. The topological polar surface area (TPSA) is 96.3 Å². The minimum absolute atomic E-state index is 0.113. The molecular weight excluding hydrogens is 397 g/mol. The molecule has 2 amide bonds. The van der Waals surface area contributed by atoms with Crippen LogP contribution in [-0.4, -0.2) is 16.8 Å².